The van der Waals surface area contributed by atoms with Gasteiger partial charge in [0.15, 0.2) is 0 Å². The summed E-state index contributed by atoms with van der Waals surface area (Å²) in [4.78, 5) is 16.6. The van der Waals surface area contributed by atoms with Crippen LogP contribution in [-0.2, 0) is 24.7 Å². The smallest absolute Gasteiger partial charge is 0.224 e. The van der Waals surface area contributed by atoms with Crippen molar-refractivity contribution in [2.45, 2.75) is 12.8 Å². The molecule has 1 aromatic heterocycles. The summed E-state index contributed by atoms with van der Waals surface area (Å²) in [5.74, 6) is 1.27. The lowest BCUT2D eigenvalue weighted by molar-refractivity contribution is -0.120. The Morgan fingerprint density at radius 1 is 1.24 bits per heavy atom. The highest BCUT2D eigenvalue weighted by molar-refractivity contribution is 5.79. The van der Waals surface area contributed by atoms with Crippen molar-refractivity contribution in [2.24, 2.45) is 7.05 Å². The molecule has 0 aliphatic carbocycles. The van der Waals surface area contributed by atoms with Crippen molar-refractivity contribution < 1.29 is 13.9 Å². The lowest BCUT2D eigenvalue weighted by Crippen LogP contribution is -2.27. The number of carbonyl (C=O) groups excluding carboxylic acids is 1. The van der Waals surface area contributed by atoms with Crippen LogP contribution >= 0.6 is 0 Å². The van der Waals surface area contributed by atoms with Crippen LogP contribution in [0.15, 0.2) is 42.5 Å². The molecule has 0 aliphatic rings. The number of aromatic nitrogens is 2. The van der Waals surface area contributed by atoms with Crippen molar-refractivity contribution in [1.29, 1.82) is 0 Å². The molecule has 0 aliphatic heterocycles. The number of nitrogens with zero attached hydrogens (tertiary/aromatic N) is 2. The van der Waals surface area contributed by atoms with Crippen molar-refractivity contribution in [3.05, 3.63) is 59.7 Å². The Morgan fingerprint density at radius 2 is 2.00 bits per heavy atom. The second-order valence-electron chi connectivity index (χ2n) is 5.84. The van der Waals surface area contributed by atoms with E-state index in [-0.39, 0.29) is 18.1 Å². The van der Waals surface area contributed by atoms with Gasteiger partial charge in [0, 0.05) is 26.1 Å². The maximum Gasteiger partial charge on any atom is 0.224 e. The minimum Gasteiger partial charge on any atom is -0.497 e. The number of amides is 1. The fraction of sp³-hybridized carbons (Fsp3) is 0.263. The van der Waals surface area contributed by atoms with Crippen LogP contribution in [0.3, 0.4) is 0 Å². The molecule has 0 radical (unpaired) electrons. The van der Waals surface area contributed by atoms with Crippen LogP contribution in [0, 0.1) is 5.82 Å². The largest absolute Gasteiger partial charge is 0.497 e. The third kappa shape index (κ3) is 3.96. The maximum absolute atomic E-state index is 12.9. The van der Waals surface area contributed by atoms with Gasteiger partial charge in [-0.2, -0.15) is 0 Å². The molecule has 130 valence electrons. The minimum atomic E-state index is -0.303. The van der Waals surface area contributed by atoms with Crippen LogP contribution < -0.4 is 10.1 Å². The SMILES string of the molecule is COc1ccc2c(c1)nc(CCNC(=O)Cc1ccc(F)cc1)n2C. The number of halogens is 1. The summed E-state index contributed by atoms with van der Waals surface area (Å²) >= 11 is 0. The third-order valence-corrected chi connectivity index (χ3v) is 4.13. The number of rotatable bonds is 6. The van der Waals surface area contributed by atoms with Gasteiger partial charge in [-0.25, -0.2) is 9.37 Å². The Bertz CT molecular complexity index is 888. The Morgan fingerprint density at radius 3 is 2.72 bits per heavy atom. The van der Waals surface area contributed by atoms with Gasteiger partial charge >= 0.3 is 0 Å². The van der Waals surface area contributed by atoms with Crippen molar-refractivity contribution in [3.63, 3.8) is 0 Å². The van der Waals surface area contributed by atoms with Crippen LogP contribution in [0.2, 0.25) is 0 Å². The standard InChI is InChI=1S/C19H20FN3O2/c1-23-17-8-7-15(25-2)12-16(17)22-18(23)9-10-21-19(24)11-13-3-5-14(20)6-4-13/h3-8,12H,9-11H2,1-2H3,(H,21,24). The Kier molecular flexibility index (Phi) is 4.97. The summed E-state index contributed by atoms with van der Waals surface area (Å²) in [5, 5.41) is 2.88. The molecule has 3 aromatic rings. The van der Waals surface area contributed by atoms with E-state index < -0.39 is 0 Å². The van der Waals surface area contributed by atoms with Gasteiger partial charge in [0.25, 0.3) is 0 Å². The number of hydrogen-bond donors (Lipinski definition) is 1. The number of benzene rings is 2. The number of aryl methyl sites for hydroxylation is 1. The first kappa shape index (κ1) is 17.0. The molecular weight excluding hydrogens is 321 g/mol. The number of methoxy groups -OCH3 is 1. The lowest BCUT2D eigenvalue weighted by Gasteiger charge is -2.06. The highest BCUT2D eigenvalue weighted by atomic mass is 19.1. The topological polar surface area (TPSA) is 56.1 Å². The zero-order valence-electron chi connectivity index (χ0n) is 14.3. The van der Waals surface area contributed by atoms with Gasteiger partial charge < -0.3 is 14.6 Å². The normalized spacial score (nSPS) is 10.8. The van der Waals surface area contributed by atoms with Crippen LogP contribution in [0.1, 0.15) is 11.4 Å². The summed E-state index contributed by atoms with van der Waals surface area (Å²) in [7, 11) is 3.58. The van der Waals surface area contributed by atoms with Gasteiger partial charge in [-0.05, 0) is 29.8 Å². The van der Waals surface area contributed by atoms with E-state index in [1.165, 1.54) is 12.1 Å². The molecule has 1 N–H and O–H groups in total. The van der Waals surface area contributed by atoms with E-state index >= 15 is 0 Å². The summed E-state index contributed by atoms with van der Waals surface area (Å²) in [5.41, 5.74) is 2.68. The van der Waals surface area contributed by atoms with Gasteiger partial charge in [0.2, 0.25) is 5.91 Å². The molecule has 0 saturated heterocycles. The predicted octanol–water partition coefficient (Wildman–Crippen LogP) is 2.62. The molecule has 6 heteroatoms. The van der Waals surface area contributed by atoms with Crippen molar-refractivity contribution >= 4 is 16.9 Å². The molecule has 1 heterocycles. The maximum atomic E-state index is 12.9. The third-order valence-electron chi connectivity index (χ3n) is 4.13. The molecule has 25 heavy (non-hydrogen) atoms. The average molecular weight is 341 g/mol. The van der Waals surface area contributed by atoms with E-state index in [9.17, 15) is 9.18 Å². The second-order valence-corrected chi connectivity index (χ2v) is 5.84. The van der Waals surface area contributed by atoms with E-state index in [2.05, 4.69) is 10.3 Å². The highest BCUT2D eigenvalue weighted by Crippen LogP contribution is 2.20. The Hall–Kier alpha value is -2.89. The van der Waals surface area contributed by atoms with Crippen LogP contribution in [0.5, 0.6) is 5.75 Å². The number of nitrogens with one attached hydrogen (secondary N) is 1. The second kappa shape index (κ2) is 7.34. The molecule has 0 unspecified atom stereocenters. The first-order valence-corrected chi connectivity index (χ1v) is 8.07. The zero-order chi connectivity index (χ0) is 17.8. The van der Waals surface area contributed by atoms with E-state index in [4.69, 9.17) is 4.74 Å². The molecule has 0 fully saturated rings. The average Bonchev–Trinajstić information content (AvgIpc) is 2.92. The van der Waals surface area contributed by atoms with E-state index in [1.807, 2.05) is 29.8 Å². The fourth-order valence-electron chi connectivity index (χ4n) is 2.74. The minimum absolute atomic E-state index is 0.0907. The Labute approximate surface area is 145 Å². The van der Waals surface area contributed by atoms with Crippen molar-refractivity contribution in [2.75, 3.05) is 13.7 Å². The number of imidazole rings is 1. The van der Waals surface area contributed by atoms with Gasteiger partial charge in [-0.1, -0.05) is 12.1 Å². The number of fused-ring (bicyclic) bond motifs is 1. The van der Waals surface area contributed by atoms with E-state index in [1.54, 1.807) is 19.2 Å². The fourth-order valence-corrected chi connectivity index (χ4v) is 2.74. The number of hydrogen-bond acceptors (Lipinski definition) is 3. The van der Waals surface area contributed by atoms with Gasteiger partial charge in [-0.15, -0.1) is 0 Å². The van der Waals surface area contributed by atoms with Gasteiger partial charge in [0.1, 0.15) is 17.4 Å². The molecule has 1 amide bonds. The van der Waals surface area contributed by atoms with Gasteiger partial charge in [-0.3, -0.25) is 4.79 Å². The number of ether oxygens (including phenoxy) is 1. The molecule has 0 atom stereocenters. The van der Waals surface area contributed by atoms with Crippen LogP contribution in [-0.4, -0.2) is 29.1 Å². The van der Waals surface area contributed by atoms with Crippen LogP contribution in [0.4, 0.5) is 4.39 Å². The molecule has 0 spiro atoms. The first-order chi connectivity index (χ1) is 12.1. The summed E-state index contributed by atoms with van der Waals surface area (Å²) in [6.45, 7) is 0.494. The van der Waals surface area contributed by atoms with Gasteiger partial charge in [0.05, 0.1) is 24.6 Å². The molecule has 3 rings (SSSR count). The van der Waals surface area contributed by atoms with Crippen LogP contribution in [0.25, 0.3) is 11.0 Å². The van der Waals surface area contributed by atoms with Crippen molar-refractivity contribution in [1.82, 2.24) is 14.9 Å². The van der Waals surface area contributed by atoms with E-state index in [0.717, 1.165) is 28.2 Å². The quantitative estimate of drug-likeness (QED) is 0.750. The highest BCUT2D eigenvalue weighted by Gasteiger charge is 2.09. The Balaban J connectivity index is 1.58. The molecule has 5 nitrogen and oxygen atoms in total. The van der Waals surface area contributed by atoms with E-state index in [0.29, 0.717) is 13.0 Å². The zero-order valence-corrected chi connectivity index (χ0v) is 14.3. The predicted molar refractivity (Wildman–Crippen MR) is 94.1 cm³/mol. The summed E-state index contributed by atoms with van der Waals surface area (Å²) in [6.07, 6.45) is 0.864. The molecule has 2 aromatic carbocycles. The van der Waals surface area contributed by atoms with Crippen molar-refractivity contribution in [3.8, 4) is 5.75 Å². The lowest BCUT2D eigenvalue weighted by atomic mass is 10.1. The molecular formula is C19H20FN3O2. The molecule has 0 saturated carbocycles. The summed E-state index contributed by atoms with van der Waals surface area (Å²) in [6, 6.07) is 11.7. The number of carbonyl (C=O) groups is 1. The molecule has 0 bridgehead atoms. The first-order valence-electron chi connectivity index (χ1n) is 8.07. The summed E-state index contributed by atoms with van der Waals surface area (Å²) < 4.78 is 20.1. The monoisotopic (exact) mass is 341 g/mol.